The van der Waals surface area contributed by atoms with Gasteiger partial charge in [-0.3, -0.25) is 9.89 Å². The molecule has 3 rings (SSSR count). The predicted octanol–water partition coefficient (Wildman–Crippen LogP) is 2.07. The molecule has 0 amide bonds. The summed E-state index contributed by atoms with van der Waals surface area (Å²) in [7, 11) is 0. The topological polar surface area (TPSA) is 45.8 Å². The molecule has 0 aliphatic heterocycles. The number of rotatable bonds is 3. The molecule has 3 heteroatoms. The Kier molecular flexibility index (Phi) is 1.67. The first-order valence-electron chi connectivity index (χ1n) is 5.43. The molecule has 3 nitrogen and oxygen atoms in total. The summed E-state index contributed by atoms with van der Waals surface area (Å²) < 4.78 is 0. The maximum absolute atomic E-state index is 11.3. The first-order valence-corrected chi connectivity index (χ1v) is 5.43. The molecule has 1 N–H and O–H groups in total. The monoisotopic (exact) mass is 202 g/mol. The van der Waals surface area contributed by atoms with Gasteiger partial charge < -0.3 is 0 Å². The minimum absolute atomic E-state index is 0.102. The van der Waals surface area contributed by atoms with Crippen molar-refractivity contribution >= 4 is 5.78 Å². The van der Waals surface area contributed by atoms with Gasteiger partial charge in [0, 0.05) is 18.4 Å². The van der Waals surface area contributed by atoms with E-state index in [0.717, 1.165) is 36.1 Å². The van der Waals surface area contributed by atoms with Crippen molar-refractivity contribution < 1.29 is 4.79 Å². The number of carbonyl (C=O) groups is 1. The van der Waals surface area contributed by atoms with Crippen LogP contribution >= 0.6 is 0 Å². The van der Waals surface area contributed by atoms with Gasteiger partial charge in [-0.2, -0.15) is 5.10 Å². The highest BCUT2D eigenvalue weighted by Crippen LogP contribution is 2.62. The number of H-pyrrole nitrogens is 1. The lowest BCUT2D eigenvalue weighted by molar-refractivity contribution is 0.101. The Bertz CT molecular complexity index is 446. The van der Waals surface area contributed by atoms with Gasteiger partial charge in [-0.05, 0) is 24.7 Å². The summed E-state index contributed by atoms with van der Waals surface area (Å²) in [5.74, 6) is 2.17. The molecule has 2 aliphatic rings. The van der Waals surface area contributed by atoms with Crippen LogP contribution in [0, 0.1) is 11.8 Å². The Morgan fingerprint density at radius 3 is 3.20 bits per heavy atom. The minimum atomic E-state index is 0.102. The van der Waals surface area contributed by atoms with Crippen LogP contribution in [-0.4, -0.2) is 16.0 Å². The van der Waals surface area contributed by atoms with Gasteiger partial charge in [0.2, 0.25) is 0 Å². The fraction of sp³-hybridized carbons (Fsp3) is 0.500. The third kappa shape index (κ3) is 1.06. The Morgan fingerprint density at radius 2 is 2.53 bits per heavy atom. The first-order chi connectivity index (χ1) is 7.24. The number of nitrogens with one attached hydrogen (secondary N) is 1. The fourth-order valence-corrected chi connectivity index (χ4v) is 3.03. The van der Waals surface area contributed by atoms with Crippen molar-refractivity contribution in [3.8, 4) is 0 Å². The largest absolute Gasteiger partial charge is 0.293 e. The number of ketones is 1. The molecule has 0 saturated heterocycles. The Balaban J connectivity index is 1.91. The molecule has 0 bridgehead atoms. The van der Waals surface area contributed by atoms with Gasteiger partial charge in [-0.1, -0.05) is 6.08 Å². The lowest BCUT2D eigenvalue weighted by Crippen LogP contribution is -1.99. The summed E-state index contributed by atoms with van der Waals surface area (Å²) >= 11 is 0. The van der Waals surface area contributed by atoms with Crippen LogP contribution in [0.25, 0.3) is 0 Å². The second kappa shape index (κ2) is 2.81. The zero-order valence-electron chi connectivity index (χ0n) is 8.79. The summed E-state index contributed by atoms with van der Waals surface area (Å²) in [5.41, 5.74) is 3.06. The van der Waals surface area contributed by atoms with Gasteiger partial charge in [-0.25, -0.2) is 0 Å². The van der Waals surface area contributed by atoms with E-state index < -0.39 is 0 Å². The van der Waals surface area contributed by atoms with Gasteiger partial charge in [-0.15, -0.1) is 6.58 Å². The number of Topliss-reactive ketones (excluding diaryl/α,β-unsaturated/α-hetero) is 1. The average molecular weight is 202 g/mol. The van der Waals surface area contributed by atoms with Crippen LogP contribution in [0.15, 0.2) is 12.7 Å². The second-order valence-corrected chi connectivity index (χ2v) is 4.60. The maximum Gasteiger partial charge on any atom is 0.177 e. The van der Waals surface area contributed by atoms with E-state index in [9.17, 15) is 4.79 Å². The highest BCUT2D eigenvalue weighted by Gasteiger charge is 2.57. The third-order valence-corrected chi connectivity index (χ3v) is 3.78. The SMILES string of the molecule is C=CC[C@@H]1[C@@H]2Cc3c(n[nH]c3C(C)=O)[C@H]12. The Hall–Kier alpha value is -1.38. The molecule has 78 valence electrons. The molecular formula is C12H14N2O. The summed E-state index contributed by atoms with van der Waals surface area (Å²) in [5, 5.41) is 7.16. The first kappa shape index (κ1) is 8.89. The number of aromatic nitrogens is 2. The number of aromatic amines is 1. The fourth-order valence-electron chi connectivity index (χ4n) is 3.03. The van der Waals surface area contributed by atoms with Crippen LogP contribution in [0.3, 0.4) is 0 Å². The highest BCUT2D eigenvalue weighted by atomic mass is 16.1. The molecule has 15 heavy (non-hydrogen) atoms. The van der Waals surface area contributed by atoms with Crippen LogP contribution in [0.2, 0.25) is 0 Å². The third-order valence-electron chi connectivity index (χ3n) is 3.78. The quantitative estimate of drug-likeness (QED) is 0.602. The number of hydrogen-bond acceptors (Lipinski definition) is 2. The summed E-state index contributed by atoms with van der Waals surface area (Å²) in [6.07, 6.45) is 4.10. The molecule has 1 heterocycles. The summed E-state index contributed by atoms with van der Waals surface area (Å²) in [6, 6.07) is 0. The molecule has 1 saturated carbocycles. The van der Waals surface area contributed by atoms with Gasteiger partial charge in [0.1, 0.15) is 5.69 Å². The van der Waals surface area contributed by atoms with Crippen molar-refractivity contribution in [2.24, 2.45) is 11.8 Å². The smallest absolute Gasteiger partial charge is 0.177 e. The van der Waals surface area contributed by atoms with Crippen LogP contribution in [0.1, 0.15) is 41.0 Å². The highest BCUT2D eigenvalue weighted by molar-refractivity contribution is 5.94. The van der Waals surface area contributed by atoms with E-state index in [4.69, 9.17) is 0 Å². The molecule has 3 atom stereocenters. The van der Waals surface area contributed by atoms with Gasteiger partial charge in [0.15, 0.2) is 5.78 Å². The molecule has 0 unspecified atom stereocenters. The molecular weight excluding hydrogens is 188 g/mol. The van der Waals surface area contributed by atoms with E-state index in [0.29, 0.717) is 5.92 Å². The van der Waals surface area contributed by atoms with Gasteiger partial charge in [0.25, 0.3) is 0 Å². The molecule has 2 aliphatic carbocycles. The molecule has 1 aromatic rings. The van der Waals surface area contributed by atoms with E-state index in [1.807, 2.05) is 6.08 Å². The number of fused-ring (bicyclic) bond motifs is 3. The van der Waals surface area contributed by atoms with Crippen molar-refractivity contribution in [1.29, 1.82) is 0 Å². The van der Waals surface area contributed by atoms with Crippen LogP contribution in [0.5, 0.6) is 0 Å². The maximum atomic E-state index is 11.3. The molecule has 0 spiro atoms. The lowest BCUT2D eigenvalue weighted by atomic mass is 10.0. The van der Waals surface area contributed by atoms with E-state index in [1.54, 1.807) is 6.92 Å². The molecule has 1 fully saturated rings. The van der Waals surface area contributed by atoms with Crippen molar-refractivity contribution in [1.82, 2.24) is 10.2 Å². The Morgan fingerprint density at radius 1 is 1.73 bits per heavy atom. The number of allylic oxidation sites excluding steroid dienone is 1. The average Bonchev–Trinajstić information content (AvgIpc) is 2.60. The van der Waals surface area contributed by atoms with Crippen molar-refractivity contribution in [3.05, 3.63) is 29.6 Å². The predicted molar refractivity (Wildman–Crippen MR) is 56.8 cm³/mol. The van der Waals surface area contributed by atoms with Crippen molar-refractivity contribution in [2.75, 3.05) is 0 Å². The number of carbonyl (C=O) groups excluding carboxylic acids is 1. The van der Waals surface area contributed by atoms with Crippen LogP contribution in [-0.2, 0) is 6.42 Å². The van der Waals surface area contributed by atoms with Crippen molar-refractivity contribution in [3.63, 3.8) is 0 Å². The van der Waals surface area contributed by atoms with Crippen LogP contribution < -0.4 is 0 Å². The normalized spacial score (nSPS) is 30.9. The van der Waals surface area contributed by atoms with E-state index in [-0.39, 0.29) is 5.78 Å². The lowest BCUT2D eigenvalue weighted by Gasteiger charge is -2.00. The Labute approximate surface area is 88.6 Å². The van der Waals surface area contributed by atoms with Crippen molar-refractivity contribution in [2.45, 2.75) is 25.7 Å². The van der Waals surface area contributed by atoms with E-state index in [2.05, 4.69) is 16.8 Å². The van der Waals surface area contributed by atoms with Gasteiger partial charge in [0.05, 0.1) is 5.69 Å². The molecule has 0 radical (unpaired) electrons. The summed E-state index contributed by atoms with van der Waals surface area (Å²) in [6.45, 7) is 5.37. The number of hydrogen-bond donors (Lipinski definition) is 1. The zero-order valence-corrected chi connectivity index (χ0v) is 8.79. The van der Waals surface area contributed by atoms with E-state index in [1.165, 1.54) is 5.56 Å². The number of nitrogens with zero attached hydrogens (tertiary/aromatic N) is 1. The standard InChI is InChI=1S/C12H14N2O/c1-3-4-7-8-5-9-11(6(2)15)13-14-12(9)10(7)8/h3,7-8,10H,1,4-5H2,2H3,(H,13,14)/t7-,8+,10-/m1/s1. The van der Waals surface area contributed by atoms with Crippen LogP contribution in [0.4, 0.5) is 0 Å². The second-order valence-electron chi connectivity index (χ2n) is 4.60. The van der Waals surface area contributed by atoms with E-state index >= 15 is 0 Å². The molecule has 1 aromatic heterocycles. The van der Waals surface area contributed by atoms with Gasteiger partial charge >= 0.3 is 0 Å². The molecule has 0 aromatic carbocycles. The minimum Gasteiger partial charge on any atom is -0.293 e. The zero-order chi connectivity index (χ0) is 10.6. The summed E-state index contributed by atoms with van der Waals surface area (Å²) in [4.78, 5) is 11.3.